The molecule has 0 saturated heterocycles. The third kappa shape index (κ3) is 1.31. The molecule has 13 heavy (non-hydrogen) atoms. The number of rotatable bonds is 1. The van der Waals surface area contributed by atoms with E-state index in [1.165, 1.54) is 29.5 Å². The molecule has 1 unspecified atom stereocenters. The van der Waals surface area contributed by atoms with E-state index in [1.807, 2.05) is 13.0 Å². The second-order valence-electron chi connectivity index (χ2n) is 3.85. The van der Waals surface area contributed by atoms with Gasteiger partial charge in [0, 0.05) is 11.7 Å². The van der Waals surface area contributed by atoms with Gasteiger partial charge < -0.3 is 11.5 Å². The highest BCUT2D eigenvalue weighted by Crippen LogP contribution is 2.32. The van der Waals surface area contributed by atoms with Crippen molar-refractivity contribution in [3.8, 4) is 0 Å². The first-order valence-electron chi connectivity index (χ1n) is 4.86. The number of benzene rings is 1. The summed E-state index contributed by atoms with van der Waals surface area (Å²) in [4.78, 5) is 0. The summed E-state index contributed by atoms with van der Waals surface area (Å²) in [5.74, 6) is 0. The first-order chi connectivity index (χ1) is 6.20. The average Bonchev–Trinajstić information content (AvgIpc) is 2.50. The van der Waals surface area contributed by atoms with Crippen molar-refractivity contribution in [3.05, 3.63) is 28.8 Å². The Kier molecular flexibility index (Phi) is 2.00. The summed E-state index contributed by atoms with van der Waals surface area (Å²) >= 11 is 0. The number of anilines is 1. The van der Waals surface area contributed by atoms with Crippen molar-refractivity contribution in [2.24, 2.45) is 5.73 Å². The number of aryl methyl sites for hydroxylation is 1. The van der Waals surface area contributed by atoms with Gasteiger partial charge in [-0.05, 0) is 48.9 Å². The molecule has 1 aliphatic carbocycles. The molecule has 4 N–H and O–H groups in total. The van der Waals surface area contributed by atoms with E-state index in [9.17, 15) is 0 Å². The molecule has 0 heterocycles. The lowest BCUT2D eigenvalue weighted by Gasteiger charge is -2.14. The van der Waals surface area contributed by atoms with Gasteiger partial charge >= 0.3 is 0 Å². The first-order valence-corrected chi connectivity index (χ1v) is 4.86. The Balaban J connectivity index is 2.58. The normalized spacial score (nSPS) is 17.1. The van der Waals surface area contributed by atoms with Crippen LogP contribution in [-0.2, 0) is 12.8 Å². The van der Waals surface area contributed by atoms with Gasteiger partial charge in [-0.3, -0.25) is 0 Å². The molecule has 0 spiro atoms. The highest BCUT2D eigenvalue weighted by atomic mass is 14.7. The molecule has 2 heteroatoms. The van der Waals surface area contributed by atoms with Gasteiger partial charge in [-0.25, -0.2) is 0 Å². The van der Waals surface area contributed by atoms with Crippen molar-refractivity contribution in [1.82, 2.24) is 0 Å². The second-order valence-corrected chi connectivity index (χ2v) is 3.85. The van der Waals surface area contributed by atoms with Crippen LogP contribution < -0.4 is 11.5 Å². The van der Waals surface area contributed by atoms with Gasteiger partial charge in [-0.2, -0.15) is 0 Å². The second kappa shape index (κ2) is 3.04. The van der Waals surface area contributed by atoms with Crippen LogP contribution in [0.3, 0.4) is 0 Å². The van der Waals surface area contributed by atoms with Crippen LogP contribution in [0, 0.1) is 0 Å². The van der Waals surface area contributed by atoms with Crippen LogP contribution in [0.25, 0.3) is 0 Å². The van der Waals surface area contributed by atoms with Crippen LogP contribution in [0.15, 0.2) is 12.1 Å². The zero-order valence-corrected chi connectivity index (χ0v) is 8.01. The summed E-state index contributed by atoms with van der Waals surface area (Å²) < 4.78 is 0. The minimum Gasteiger partial charge on any atom is -0.398 e. The first kappa shape index (κ1) is 8.57. The maximum Gasteiger partial charge on any atom is 0.0365 e. The van der Waals surface area contributed by atoms with Crippen molar-refractivity contribution in [2.45, 2.75) is 32.2 Å². The molecule has 2 nitrogen and oxygen atoms in total. The van der Waals surface area contributed by atoms with Gasteiger partial charge in [0.2, 0.25) is 0 Å². The summed E-state index contributed by atoms with van der Waals surface area (Å²) in [6.07, 6.45) is 3.59. The number of nitrogens with two attached hydrogens (primary N) is 2. The van der Waals surface area contributed by atoms with Crippen molar-refractivity contribution in [1.29, 1.82) is 0 Å². The minimum absolute atomic E-state index is 0.0630. The van der Waals surface area contributed by atoms with Gasteiger partial charge in [-0.1, -0.05) is 6.07 Å². The van der Waals surface area contributed by atoms with Crippen molar-refractivity contribution >= 4 is 5.69 Å². The molecular weight excluding hydrogens is 160 g/mol. The maximum atomic E-state index is 5.91. The van der Waals surface area contributed by atoms with Gasteiger partial charge in [0.25, 0.3) is 0 Å². The Morgan fingerprint density at radius 3 is 2.77 bits per heavy atom. The Morgan fingerprint density at radius 2 is 2.08 bits per heavy atom. The SMILES string of the molecule is CC(N)c1c(N)ccc2c1CCC2. The summed E-state index contributed by atoms with van der Waals surface area (Å²) in [5, 5.41) is 0. The molecule has 70 valence electrons. The topological polar surface area (TPSA) is 52.0 Å². The highest BCUT2D eigenvalue weighted by Gasteiger charge is 2.18. The molecule has 1 atom stereocenters. The van der Waals surface area contributed by atoms with E-state index in [-0.39, 0.29) is 6.04 Å². The van der Waals surface area contributed by atoms with Crippen LogP contribution in [0.2, 0.25) is 0 Å². The summed E-state index contributed by atoms with van der Waals surface area (Å²) in [6, 6.07) is 4.19. The predicted octanol–water partition coefficient (Wildman–Crippen LogP) is 1.78. The summed E-state index contributed by atoms with van der Waals surface area (Å²) in [7, 11) is 0. The van der Waals surface area contributed by atoms with Crippen molar-refractivity contribution < 1.29 is 0 Å². The molecule has 0 bridgehead atoms. The molecule has 0 fully saturated rings. The molecule has 0 radical (unpaired) electrons. The van der Waals surface area contributed by atoms with Crippen LogP contribution in [0.1, 0.15) is 36.1 Å². The number of hydrogen-bond donors (Lipinski definition) is 2. The quantitative estimate of drug-likeness (QED) is 0.641. The third-order valence-electron chi connectivity index (χ3n) is 2.82. The van der Waals surface area contributed by atoms with E-state index in [4.69, 9.17) is 11.5 Å². The van der Waals surface area contributed by atoms with E-state index in [0.717, 1.165) is 12.1 Å². The summed E-state index contributed by atoms with van der Waals surface area (Å²) in [6.45, 7) is 2.00. The molecular formula is C11H16N2. The lowest BCUT2D eigenvalue weighted by Crippen LogP contribution is -2.11. The van der Waals surface area contributed by atoms with Gasteiger partial charge in [0.1, 0.15) is 0 Å². The van der Waals surface area contributed by atoms with E-state index < -0.39 is 0 Å². The third-order valence-corrected chi connectivity index (χ3v) is 2.82. The Morgan fingerprint density at radius 1 is 1.31 bits per heavy atom. The molecule has 2 rings (SSSR count). The van der Waals surface area contributed by atoms with Crippen LogP contribution >= 0.6 is 0 Å². The monoisotopic (exact) mass is 176 g/mol. The van der Waals surface area contributed by atoms with Crippen molar-refractivity contribution in [2.75, 3.05) is 5.73 Å². The molecule has 0 aliphatic heterocycles. The number of fused-ring (bicyclic) bond motifs is 1. The Bertz CT molecular complexity index is 329. The fourth-order valence-electron chi connectivity index (χ4n) is 2.25. The van der Waals surface area contributed by atoms with Gasteiger partial charge in [0.15, 0.2) is 0 Å². The zero-order valence-electron chi connectivity index (χ0n) is 8.01. The lowest BCUT2D eigenvalue weighted by molar-refractivity contribution is 0.802. The standard InChI is InChI=1S/C11H16N2/c1-7(12)11-9-4-2-3-8(9)5-6-10(11)13/h5-7H,2-4,12-13H2,1H3. The summed E-state index contributed by atoms with van der Waals surface area (Å²) in [5.41, 5.74) is 16.7. The minimum atomic E-state index is 0.0630. The van der Waals surface area contributed by atoms with E-state index >= 15 is 0 Å². The lowest BCUT2D eigenvalue weighted by atomic mass is 9.97. The molecule has 0 amide bonds. The van der Waals surface area contributed by atoms with Gasteiger partial charge in [-0.15, -0.1) is 0 Å². The van der Waals surface area contributed by atoms with Gasteiger partial charge in [0.05, 0.1) is 0 Å². The molecule has 0 aromatic heterocycles. The van der Waals surface area contributed by atoms with Crippen molar-refractivity contribution in [3.63, 3.8) is 0 Å². The van der Waals surface area contributed by atoms with Crippen LogP contribution in [0.4, 0.5) is 5.69 Å². The van der Waals surface area contributed by atoms with E-state index in [1.54, 1.807) is 0 Å². The fourth-order valence-corrected chi connectivity index (χ4v) is 2.25. The average molecular weight is 176 g/mol. The fraction of sp³-hybridized carbons (Fsp3) is 0.455. The zero-order chi connectivity index (χ0) is 9.42. The molecule has 1 aromatic rings. The van der Waals surface area contributed by atoms with E-state index in [2.05, 4.69) is 6.07 Å². The molecule has 1 aliphatic rings. The Labute approximate surface area is 78.9 Å². The van der Waals surface area contributed by atoms with E-state index in [0.29, 0.717) is 0 Å². The van der Waals surface area contributed by atoms with Crippen LogP contribution in [0.5, 0.6) is 0 Å². The molecule has 0 saturated carbocycles. The number of hydrogen-bond acceptors (Lipinski definition) is 2. The maximum absolute atomic E-state index is 5.91. The highest BCUT2D eigenvalue weighted by molar-refractivity contribution is 5.56. The predicted molar refractivity (Wildman–Crippen MR) is 55.5 cm³/mol. The Hall–Kier alpha value is -1.02. The van der Waals surface area contributed by atoms with Crippen LogP contribution in [-0.4, -0.2) is 0 Å². The molecule has 1 aromatic carbocycles. The smallest absolute Gasteiger partial charge is 0.0365 e. The largest absolute Gasteiger partial charge is 0.398 e. The number of nitrogen functional groups attached to an aromatic ring is 1.